The van der Waals surface area contributed by atoms with Gasteiger partial charge < -0.3 is 24.2 Å². The van der Waals surface area contributed by atoms with E-state index in [2.05, 4.69) is 25.3 Å². The van der Waals surface area contributed by atoms with Crippen LogP contribution in [0.5, 0.6) is 0 Å². The fraction of sp³-hybridized carbons (Fsp3) is 0.515. The Labute approximate surface area is 287 Å². The van der Waals surface area contributed by atoms with Crippen molar-refractivity contribution in [3.63, 3.8) is 0 Å². The summed E-state index contributed by atoms with van der Waals surface area (Å²) in [5, 5.41) is 6.71. The minimum Gasteiger partial charge on any atom is -0.450 e. The molecule has 0 aromatic carbocycles. The Morgan fingerprint density at radius 2 is 1.80 bits per heavy atom. The molecule has 50 heavy (non-hydrogen) atoms. The molecule has 0 unspecified atom stereocenters. The lowest BCUT2D eigenvalue weighted by Gasteiger charge is -2.34. The van der Waals surface area contributed by atoms with Gasteiger partial charge >= 0.3 is 12.3 Å². The van der Waals surface area contributed by atoms with Gasteiger partial charge in [-0.25, -0.2) is 19.3 Å². The molecule has 0 aliphatic carbocycles. The number of amides is 2. The van der Waals surface area contributed by atoms with Crippen LogP contribution in [0.2, 0.25) is 0 Å². The number of aromatic nitrogens is 4. The highest BCUT2D eigenvalue weighted by atomic mass is 19.4. The number of carbonyl (C=O) groups is 3. The summed E-state index contributed by atoms with van der Waals surface area (Å²) >= 11 is 0. The topological polar surface area (TPSA) is 138 Å². The Kier molecular flexibility index (Phi) is 12.0. The van der Waals surface area contributed by atoms with E-state index in [1.165, 1.54) is 10.6 Å². The van der Waals surface area contributed by atoms with E-state index in [0.29, 0.717) is 76.9 Å². The molecule has 0 saturated carbocycles. The maximum Gasteiger partial charge on any atom is 0.417 e. The molecule has 17 heteroatoms. The lowest BCUT2D eigenvalue weighted by molar-refractivity contribution is -0.137. The number of hydrogen-bond donors (Lipinski definition) is 1. The van der Waals surface area contributed by atoms with Crippen molar-refractivity contribution in [2.24, 2.45) is 0 Å². The number of nitrogens with zero attached hydrogens (tertiary/aromatic N) is 8. The molecule has 5 rings (SSSR count). The van der Waals surface area contributed by atoms with E-state index >= 15 is 0 Å². The van der Waals surface area contributed by atoms with Crippen LogP contribution in [-0.4, -0.2) is 132 Å². The van der Waals surface area contributed by atoms with Crippen molar-refractivity contribution < 1.29 is 37.0 Å². The van der Waals surface area contributed by atoms with Gasteiger partial charge in [-0.2, -0.15) is 13.2 Å². The highest BCUT2D eigenvalue weighted by molar-refractivity contribution is 5.92. The zero-order valence-corrected chi connectivity index (χ0v) is 28.4. The Hall–Kier alpha value is -4.61. The number of carbonyl (C=O) groups excluding carboxylic acids is 3. The zero-order valence-electron chi connectivity index (χ0n) is 28.4. The molecular formula is C33H42F3N9O5. The highest BCUT2D eigenvalue weighted by Gasteiger charge is 2.36. The maximum atomic E-state index is 14.3. The molecule has 1 N–H and O–H groups in total. The lowest BCUT2D eigenvalue weighted by atomic mass is 10.1. The van der Waals surface area contributed by atoms with Crippen LogP contribution in [-0.2, 0) is 31.8 Å². The van der Waals surface area contributed by atoms with Crippen molar-refractivity contribution >= 4 is 34.9 Å². The van der Waals surface area contributed by atoms with Crippen molar-refractivity contribution in [3.05, 3.63) is 47.8 Å². The molecular weight excluding hydrogens is 659 g/mol. The number of pyridine rings is 1. The smallest absolute Gasteiger partial charge is 0.417 e. The van der Waals surface area contributed by atoms with Crippen molar-refractivity contribution in [2.45, 2.75) is 32.5 Å². The lowest BCUT2D eigenvalue weighted by Crippen LogP contribution is -2.48. The SMILES string of the molecule is CCOC(=O)Nc1cc(C(F)(F)F)c(-c2nc(N3CCOCC3)c3cc(CN4CCN(C(=O)CCC(=O)/C=C/CN(C)C)CC4)cn3n2)cn1. The molecule has 0 atom stereocenters. The summed E-state index contributed by atoms with van der Waals surface area (Å²) in [5.74, 6) is -0.157. The van der Waals surface area contributed by atoms with Crippen molar-refractivity contribution in [1.29, 1.82) is 0 Å². The number of nitrogens with one attached hydrogen (secondary N) is 1. The quantitative estimate of drug-likeness (QED) is 0.279. The molecule has 3 aromatic heterocycles. The third kappa shape index (κ3) is 9.54. The highest BCUT2D eigenvalue weighted by Crippen LogP contribution is 2.38. The van der Waals surface area contributed by atoms with Gasteiger partial charge in [-0.15, -0.1) is 5.10 Å². The molecule has 0 spiro atoms. The van der Waals surface area contributed by atoms with Gasteiger partial charge in [-0.3, -0.25) is 19.8 Å². The molecule has 2 saturated heterocycles. The Morgan fingerprint density at radius 3 is 2.48 bits per heavy atom. The normalized spacial score (nSPS) is 16.1. The molecule has 3 aromatic rings. The molecule has 0 radical (unpaired) electrons. The molecule has 5 heterocycles. The second-order valence-corrected chi connectivity index (χ2v) is 12.3. The fourth-order valence-electron chi connectivity index (χ4n) is 5.73. The standard InChI is InChI=1S/C33H42F3N9O5/c1-4-50-32(48)38-28-19-26(33(34,35)36)25(20-37-28)30-39-31(44-14-16-49-17-15-44)27-18-23(22-45(27)40-30)21-42-10-12-43(13-11-42)29(47)8-7-24(46)6-5-9-41(2)3/h5-6,18-20,22H,4,7-17,21H2,1-3H3,(H,37,38,48)/b6-5+. The van der Waals surface area contributed by atoms with E-state index in [4.69, 9.17) is 9.47 Å². The van der Waals surface area contributed by atoms with Crippen LogP contribution in [0.15, 0.2) is 36.7 Å². The van der Waals surface area contributed by atoms with Gasteiger partial charge in [0.15, 0.2) is 17.4 Å². The average molecular weight is 702 g/mol. The average Bonchev–Trinajstić information content (AvgIpc) is 3.49. The van der Waals surface area contributed by atoms with Crippen LogP contribution in [0, 0.1) is 0 Å². The first-order chi connectivity index (χ1) is 23.9. The summed E-state index contributed by atoms with van der Waals surface area (Å²) < 4.78 is 54.9. The molecule has 0 bridgehead atoms. The van der Waals surface area contributed by atoms with E-state index in [0.717, 1.165) is 17.8 Å². The first kappa shape index (κ1) is 36.7. The predicted molar refractivity (Wildman–Crippen MR) is 179 cm³/mol. The van der Waals surface area contributed by atoms with E-state index < -0.39 is 17.8 Å². The molecule has 2 fully saturated rings. The van der Waals surface area contributed by atoms with Crippen LogP contribution < -0.4 is 10.2 Å². The zero-order chi connectivity index (χ0) is 35.8. The molecule has 2 amide bonds. The van der Waals surface area contributed by atoms with E-state index in [1.54, 1.807) is 24.1 Å². The summed E-state index contributed by atoms with van der Waals surface area (Å²) in [6.45, 7) is 6.95. The van der Waals surface area contributed by atoms with E-state index in [-0.39, 0.29) is 48.3 Å². The first-order valence-corrected chi connectivity index (χ1v) is 16.5. The Bertz CT molecular complexity index is 1700. The largest absolute Gasteiger partial charge is 0.450 e. The number of ether oxygens (including phenoxy) is 2. The van der Waals surface area contributed by atoms with Crippen molar-refractivity contribution in [3.8, 4) is 11.4 Å². The van der Waals surface area contributed by atoms with Gasteiger partial charge in [0.25, 0.3) is 0 Å². The number of likely N-dealkylation sites (N-methyl/N-ethyl adjacent to an activating group) is 1. The number of halogens is 3. The van der Waals surface area contributed by atoms with Crippen molar-refractivity contribution in [2.75, 3.05) is 89.9 Å². The van der Waals surface area contributed by atoms with Gasteiger partial charge in [0, 0.05) is 77.6 Å². The number of hydrogen-bond acceptors (Lipinski definition) is 11. The van der Waals surface area contributed by atoms with Gasteiger partial charge in [0.05, 0.1) is 30.9 Å². The van der Waals surface area contributed by atoms with Crippen LogP contribution in [0.4, 0.5) is 29.6 Å². The molecule has 270 valence electrons. The Morgan fingerprint density at radius 1 is 1.06 bits per heavy atom. The van der Waals surface area contributed by atoms with Crippen LogP contribution in [0.1, 0.15) is 30.9 Å². The van der Waals surface area contributed by atoms with Crippen LogP contribution in [0.3, 0.4) is 0 Å². The van der Waals surface area contributed by atoms with Gasteiger partial charge in [-0.1, -0.05) is 6.08 Å². The number of ketones is 1. The third-order valence-corrected chi connectivity index (χ3v) is 8.26. The molecule has 14 nitrogen and oxygen atoms in total. The summed E-state index contributed by atoms with van der Waals surface area (Å²) in [6, 6.07) is 2.66. The van der Waals surface area contributed by atoms with Crippen LogP contribution in [0.25, 0.3) is 16.9 Å². The molecule has 2 aliphatic rings. The number of rotatable bonds is 12. The fourth-order valence-corrected chi connectivity index (χ4v) is 5.73. The van der Waals surface area contributed by atoms with Crippen molar-refractivity contribution in [1.82, 2.24) is 34.3 Å². The van der Waals surface area contributed by atoms with Gasteiger partial charge in [-0.05, 0) is 44.8 Å². The maximum absolute atomic E-state index is 14.3. The summed E-state index contributed by atoms with van der Waals surface area (Å²) in [6.07, 6.45) is 0.697. The molecule has 2 aliphatic heterocycles. The minimum atomic E-state index is -4.80. The van der Waals surface area contributed by atoms with Gasteiger partial charge in [0.2, 0.25) is 5.91 Å². The van der Waals surface area contributed by atoms with E-state index in [9.17, 15) is 27.6 Å². The number of allylic oxidation sites excluding steroid dienone is 1. The van der Waals surface area contributed by atoms with E-state index in [1.807, 2.05) is 30.0 Å². The monoisotopic (exact) mass is 701 g/mol. The Balaban J connectivity index is 1.33. The number of morpholine rings is 1. The van der Waals surface area contributed by atoms with Crippen LogP contribution >= 0.6 is 0 Å². The number of piperazine rings is 1. The van der Waals surface area contributed by atoms with Gasteiger partial charge in [0.1, 0.15) is 11.3 Å². The second kappa shape index (κ2) is 16.4. The summed E-state index contributed by atoms with van der Waals surface area (Å²) in [5.41, 5.74) is 0.108. The predicted octanol–water partition coefficient (Wildman–Crippen LogP) is 3.33. The number of fused-ring (bicyclic) bond motifs is 1. The number of anilines is 2. The summed E-state index contributed by atoms with van der Waals surface area (Å²) in [4.78, 5) is 53.3. The summed E-state index contributed by atoms with van der Waals surface area (Å²) in [7, 11) is 3.82. The number of alkyl halides is 3. The second-order valence-electron chi connectivity index (χ2n) is 12.3. The first-order valence-electron chi connectivity index (χ1n) is 16.5. The minimum absolute atomic E-state index is 0.0438. The third-order valence-electron chi connectivity index (χ3n) is 8.26.